The van der Waals surface area contributed by atoms with Crippen LogP contribution >= 0.6 is 11.6 Å². The number of nitro groups is 1. The number of hydrogen-bond donors (Lipinski definition) is 0. The standard InChI is InChI=1S/C18H22ClN5O4/c1-13(23-12-16(24(26)27)17(20-23)28-2)18(25)22-9-7-21(8-10-22)11-14-5-3-4-6-15(14)19/h3-6,12-13H,7-11H2,1-2H3. The fourth-order valence-electron chi connectivity index (χ4n) is 3.21. The molecule has 2 heterocycles. The van der Waals surface area contributed by atoms with Crippen LogP contribution in [0.4, 0.5) is 5.69 Å². The van der Waals surface area contributed by atoms with E-state index in [1.54, 1.807) is 11.8 Å². The van der Waals surface area contributed by atoms with Crippen LogP contribution in [0.3, 0.4) is 0 Å². The molecule has 150 valence electrons. The molecular formula is C18H22ClN5O4. The average molecular weight is 408 g/mol. The molecule has 9 nitrogen and oxygen atoms in total. The Morgan fingerprint density at radius 2 is 2.00 bits per heavy atom. The summed E-state index contributed by atoms with van der Waals surface area (Å²) in [5.74, 6) is -0.230. The number of nitrogens with zero attached hydrogens (tertiary/aromatic N) is 5. The van der Waals surface area contributed by atoms with Crippen molar-refractivity contribution >= 4 is 23.2 Å². The molecule has 3 rings (SSSR count). The minimum atomic E-state index is -0.655. The Kier molecular flexibility index (Phi) is 6.15. The third-order valence-corrected chi connectivity index (χ3v) is 5.23. The Hall–Kier alpha value is -2.65. The average Bonchev–Trinajstić information content (AvgIpc) is 3.14. The van der Waals surface area contributed by atoms with E-state index in [0.29, 0.717) is 13.1 Å². The number of aromatic nitrogens is 2. The highest BCUT2D eigenvalue weighted by Crippen LogP contribution is 2.26. The summed E-state index contributed by atoms with van der Waals surface area (Å²) in [5.41, 5.74) is 0.806. The quantitative estimate of drug-likeness (QED) is 0.539. The summed E-state index contributed by atoms with van der Waals surface area (Å²) in [6.45, 7) is 5.02. The minimum Gasteiger partial charge on any atom is -0.475 e. The number of piperazine rings is 1. The first-order valence-corrected chi connectivity index (χ1v) is 9.30. The summed E-state index contributed by atoms with van der Waals surface area (Å²) in [6, 6.07) is 7.08. The van der Waals surface area contributed by atoms with Crippen molar-refractivity contribution in [1.29, 1.82) is 0 Å². The van der Waals surface area contributed by atoms with Crippen LogP contribution in [0.25, 0.3) is 0 Å². The van der Waals surface area contributed by atoms with E-state index in [1.807, 2.05) is 24.3 Å². The molecule has 0 N–H and O–H groups in total. The Morgan fingerprint density at radius 1 is 1.32 bits per heavy atom. The molecule has 1 aliphatic heterocycles. The van der Waals surface area contributed by atoms with Crippen molar-refractivity contribution < 1.29 is 14.5 Å². The number of hydrogen-bond acceptors (Lipinski definition) is 6. The lowest BCUT2D eigenvalue weighted by Gasteiger charge is -2.36. The van der Waals surface area contributed by atoms with Gasteiger partial charge in [-0.25, -0.2) is 4.68 Å². The molecular weight excluding hydrogens is 386 g/mol. The topological polar surface area (TPSA) is 93.7 Å². The van der Waals surface area contributed by atoms with E-state index in [9.17, 15) is 14.9 Å². The van der Waals surface area contributed by atoms with Gasteiger partial charge in [0.1, 0.15) is 12.2 Å². The largest absolute Gasteiger partial charge is 0.475 e. The summed E-state index contributed by atoms with van der Waals surface area (Å²) in [5, 5.41) is 15.8. The van der Waals surface area contributed by atoms with Crippen LogP contribution in [-0.2, 0) is 11.3 Å². The molecule has 1 aromatic heterocycles. The van der Waals surface area contributed by atoms with Gasteiger partial charge in [0.15, 0.2) is 0 Å². The molecule has 10 heteroatoms. The summed E-state index contributed by atoms with van der Waals surface area (Å²) < 4.78 is 6.21. The van der Waals surface area contributed by atoms with E-state index < -0.39 is 11.0 Å². The summed E-state index contributed by atoms with van der Waals surface area (Å²) >= 11 is 6.22. The maximum absolute atomic E-state index is 12.8. The van der Waals surface area contributed by atoms with Crippen molar-refractivity contribution in [2.24, 2.45) is 0 Å². The van der Waals surface area contributed by atoms with Crippen molar-refractivity contribution in [1.82, 2.24) is 19.6 Å². The van der Waals surface area contributed by atoms with Crippen molar-refractivity contribution in [3.05, 3.63) is 51.2 Å². The van der Waals surface area contributed by atoms with Crippen molar-refractivity contribution in [3.63, 3.8) is 0 Å². The second-order valence-electron chi connectivity index (χ2n) is 6.63. The number of benzene rings is 1. The predicted molar refractivity (Wildman–Crippen MR) is 103 cm³/mol. The van der Waals surface area contributed by atoms with Gasteiger partial charge in [0.2, 0.25) is 5.91 Å². The molecule has 1 amide bonds. The Bertz CT molecular complexity index is 863. The van der Waals surface area contributed by atoms with E-state index in [-0.39, 0.29) is 17.5 Å². The molecule has 1 saturated heterocycles. The lowest BCUT2D eigenvalue weighted by Crippen LogP contribution is -2.50. The van der Waals surface area contributed by atoms with Gasteiger partial charge in [-0.2, -0.15) is 0 Å². The summed E-state index contributed by atoms with van der Waals surface area (Å²) in [7, 11) is 1.31. The highest BCUT2D eigenvalue weighted by atomic mass is 35.5. The predicted octanol–water partition coefficient (Wildman–Crippen LogP) is 2.36. The molecule has 0 spiro atoms. The lowest BCUT2D eigenvalue weighted by atomic mass is 10.2. The van der Waals surface area contributed by atoms with E-state index in [1.165, 1.54) is 18.0 Å². The van der Waals surface area contributed by atoms with Crippen LogP contribution in [0, 0.1) is 10.1 Å². The third kappa shape index (κ3) is 4.26. The fraction of sp³-hybridized carbons (Fsp3) is 0.444. The van der Waals surface area contributed by atoms with Gasteiger partial charge in [0.05, 0.1) is 12.0 Å². The van der Waals surface area contributed by atoms with Gasteiger partial charge in [-0.15, -0.1) is 5.10 Å². The normalized spacial score (nSPS) is 16.0. The van der Waals surface area contributed by atoms with Crippen LogP contribution in [-0.4, -0.2) is 63.7 Å². The molecule has 0 saturated carbocycles. The van der Waals surface area contributed by atoms with Gasteiger partial charge in [-0.3, -0.25) is 19.8 Å². The Morgan fingerprint density at radius 3 is 2.57 bits per heavy atom. The smallest absolute Gasteiger partial charge is 0.350 e. The van der Waals surface area contributed by atoms with Crippen LogP contribution < -0.4 is 4.74 Å². The van der Waals surface area contributed by atoms with E-state index in [4.69, 9.17) is 16.3 Å². The van der Waals surface area contributed by atoms with Gasteiger partial charge in [-0.1, -0.05) is 29.8 Å². The number of rotatable bonds is 6. The highest BCUT2D eigenvalue weighted by molar-refractivity contribution is 6.31. The first-order chi connectivity index (χ1) is 13.4. The van der Waals surface area contributed by atoms with Gasteiger partial charge in [0, 0.05) is 37.7 Å². The van der Waals surface area contributed by atoms with Crippen LogP contribution in [0.2, 0.25) is 5.02 Å². The second-order valence-corrected chi connectivity index (χ2v) is 7.04. The number of amides is 1. The molecule has 1 fully saturated rings. The monoisotopic (exact) mass is 407 g/mol. The van der Waals surface area contributed by atoms with Gasteiger partial charge in [0.25, 0.3) is 0 Å². The van der Waals surface area contributed by atoms with E-state index in [0.717, 1.165) is 30.2 Å². The maximum Gasteiger partial charge on any atom is 0.350 e. The Balaban J connectivity index is 1.60. The highest BCUT2D eigenvalue weighted by Gasteiger charge is 2.29. The van der Waals surface area contributed by atoms with E-state index in [2.05, 4.69) is 10.00 Å². The zero-order chi connectivity index (χ0) is 20.3. The number of carbonyl (C=O) groups excluding carboxylic acids is 1. The molecule has 0 radical (unpaired) electrons. The molecule has 1 aliphatic rings. The molecule has 1 atom stereocenters. The van der Waals surface area contributed by atoms with Crippen LogP contribution in [0.5, 0.6) is 5.88 Å². The fourth-order valence-corrected chi connectivity index (χ4v) is 3.40. The van der Waals surface area contributed by atoms with Gasteiger partial charge < -0.3 is 9.64 Å². The number of carbonyl (C=O) groups is 1. The first-order valence-electron chi connectivity index (χ1n) is 8.92. The Labute approximate surface area is 167 Å². The summed E-state index contributed by atoms with van der Waals surface area (Å²) in [6.07, 6.45) is 1.23. The zero-order valence-electron chi connectivity index (χ0n) is 15.7. The molecule has 2 aromatic rings. The number of halogens is 1. The molecule has 0 aliphatic carbocycles. The van der Waals surface area contributed by atoms with Gasteiger partial charge in [-0.05, 0) is 18.6 Å². The lowest BCUT2D eigenvalue weighted by molar-refractivity contribution is -0.385. The summed E-state index contributed by atoms with van der Waals surface area (Å²) in [4.78, 5) is 27.3. The first kappa shape index (κ1) is 20.1. The second kappa shape index (κ2) is 8.57. The molecule has 1 aromatic carbocycles. The van der Waals surface area contributed by atoms with Crippen molar-refractivity contribution in [2.45, 2.75) is 19.5 Å². The van der Waals surface area contributed by atoms with Crippen LogP contribution in [0.1, 0.15) is 18.5 Å². The van der Waals surface area contributed by atoms with Gasteiger partial charge >= 0.3 is 11.6 Å². The molecule has 28 heavy (non-hydrogen) atoms. The minimum absolute atomic E-state index is 0.103. The molecule has 1 unspecified atom stereocenters. The maximum atomic E-state index is 12.8. The third-order valence-electron chi connectivity index (χ3n) is 4.86. The number of methoxy groups -OCH3 is 1. The zero-order valence-corrected chi connectivity index (χ0v) is 16.5. The van der Waals surface area contributed by atoms with Crippen molar-refractivity contribution in [3.8, 4) is 5.88 Å². The van der Waals surface area contributed by atoms with Crippen molar-refractivity contribution in [2.75, 3.05) is 33.3 Å². The van der Waals surface area contributed by atoms with E-state index >= 15 is 0 Å². The number of ether oxygens (including phenoxy) is 1. The SMILES string of the molecule is COc1nn(C(C)C(=O)N2CCN(Cc3ccccc3Cl)CC2)cc1[N+](=O)[O-]. The van der Waals surface area contributed by atoms with Crippen LogP contribution in [0.15, 0.2) is 30.5 Å². The molecule has 0 bridgehead atoms.